The highest BCUT2D eigenvalue weighted by atomic mass is 32.1. The zero-order valence-corrected chi connectivity index (χ0v) is 9.45. The summed E-state index contributed by atoms with van der Waals surface area (Å²) in [6.07, 6.45) is 0.500. The van der Waals surface area contributed by atoms with Crippen molar-refractivity contribution >= 4 is 34.1 Å². The second-order valence-electron chi connectivity index (χ2n) is 3.22. The van der Waals surface area contributed by atoms with Crippen molar-refractivity contribution in [2.75, 3.05) is 0 Å². The maximum absolute atomic E-state index is 8.60. The van der Waals surface area contributed by atoms with Crippen LogP contribution in [0.15, 0.2) is 23.1 Å². The number of benzene rings is 1. The Morgan fingerprint density at radius 2 is 2.21 bits per heavy atom. The third-order valence-corrected chi connectivity index (χ3v) is 3.72. The molecule has 1 aromatic carbocycles. The van der Waals surface area contributed by atoms with E-state index in [0.717, 1.165) is 9.77 Å². The highest BCUT2D eigenvalue weighted by Crippen LogP contribution is 2.29. The van der Waals surface area contributed by atoms with Gasteiger partial charge < -0.3 is 0 Å². The van der Waals surface area contributed by atoms with Gasteiger partial charge >= 0.3 is 0 Å². The van der Waals surface area contributed by atoms with Crippen molar-refractivity contribution in [3.63, 3.8) is 0 Å². The van der Waals surface area contributed by atoms with Crippen LogP contribution in [-0.2, 0) is 6.42 Å². The topological polar surface area (TPSA) is 23.8 Å². The van der Waals surface area contributed by atoms with Crippen molar-refractivity contribution in [3.05, 3.63) is 28.6 Å². The van der Waals surface area contributed by atoms with Crippen molar-refractivity contribution in [1.29, 1.82) is 5.26 Å². The number of thiol groups is 1. The van der Waals surface area contributed by atoms with Crippen LogP contribution in [-0.4, -0.2) is 0 Å². The summed E-state index contributed by atoms with van der Waals surface area (Å²) in [6.45, 7) is 2.05. The number of nitrogens with zero attached hydrogens (tertiary/aromatic N) is 1. The van der Waals surface area contributed by atoms with Crippen molar-refractivity contribution in [2.45, 2.75) is 18.2 Å². The molecule has 0 bridgehead atoms. The Hall–Kier alpha value is -0.980. The SMILES string of the molecule is Cc1cc2cc(CC#N)sc2cc1S. The zero-order valence-electron chi connectivity index (χ0n) is 7.74. The monoisotopic (exact) mass is 219 g/mol. The quantitative estimate of drug-likeness (QED) is 0.728. The van der Waals surface area contributed by atoms with Crippen LogP contribution >= 0.6 is 24.0 Å². The van der Waals surface area contributed by atoms with Crippen molar-refractivity contribution in [2.24, 2.45) is 0 Å². The largest absolute Gasteiger partial charge is 0.198 e. The molecule has 0 saturated carbocycles. The number of thiophene rings is 1. The Kier molecular flexibility index (Phi) is 2.49. The first-order valence-corrected chi connectivity index (χ1v) is 5.56. The van der Waals surface area contributed by atoms with E-state index in [0.29, 0.717) is 6.42 Å². The van der Waals surface area contributed by atoms with E-state index in [1.54, 1.807) is 11.3 Å². The summed E-state index contributed by atoms with van der Waals surface area (Å²) in [5, 5.41) is 9.81. The first-order valence-electron chi connectivity index (χ1n) is 4.29. The van der Waals surface area contributed by atoms with Gasteiger partial charge in [-0.15, -0.1) is 24.0 Å². The van der Waals surface area contributed by atoms with Gasteiger partial charge in [0.2, 0.25) is 0 Å². The summed E-state index contributed by atoms with van der Waals surface area (Å²) in [7, 11) is 0. The molecule has 3 heteroatoms. The van der Waals surface area contributed by atoms with Gasteiger partial charge in [0.15, 0.2) is 0 Å². The summed E-state index contributed by atoms with van der Waals surface area (Å²) in [4.78, 5) is 2.14. The minimum atomic E-state index is 0.500. The highest BCUT2D eigenvalue weighted by molar-refractivity contribution is 7.80. The lowest BCUT2D eigenvalue weighted by atomic mass is 10.2. The number of fused-ring (bicyclic) bond motifs is 1. The Morgan fingerprint density at radius 1 is 1.43 bits per heavy atom. The van der Waals surface area contributed by atoms with Crippen LogP contribution in [0.2, 0.25) is 0 Å². The van der Waals surface area contributed by atoms with Crippen molar-refractivity contribution in [3.8, 4) is 6.07 Å². The van der Waals surface area contributed by atoms with E-state index < -0.39 is 0 Å². The molecular weight excluding hydrogens is 210 g/mol. The number of nitriles is 1. The summed E-state index contributed by atoms with van der Waals surface area (Å²) in [6, 6.07) is 8.44. The molecule has 0 fully saturated rings. The maximum Gasteiger partial charge on any atom is 0.0696 e. The van der Waals surface area contributed by atoms with Gasteiger partial charge in [0.1, 0.15) is 0 Å². The molecule has 0 atom stereocenters. The van der Waals surface area contributed by atoms with E-state index in [1.807, 2.05) is 6.92 Å². The molecule has 2 aromatic rings. The molecule has 0 aliphatic carbocycles. The first kappa shape index (κ1) is 9.57. The van der Waals surface area contributed by atoms with Crippen molar-refractivity contribution < 1.29 is 0 Å². The standard InChI is InChI=1S/C11H9NS2/c1-7-4-8-5-9(2-3-12)14-11(8)6-10(7)13/h4-6,13H,2H2,1H3. The smallest absolute Gasteiger partial charge is 0.0696 e. The molecule has 0 saturated heterocycles. The maximum atomic E-state index is 8.60. The van der Waals surface area contributed by atoms with Crippen LogP contribution in [0.4, 0.5) is 0 Å². The molecule has 1 heterocycles. The van der Waals surface area contributed by atoms with Gasteiger partial charge in [-0.2, -0.15) is 5.26 Å². The van der Waals surface area contributed by atoms with Gasteiger partial charge in [0, 0.05) is 14.5 Å². The molecule has 0 spiro atoms. The summed E-state index contributed by atoms with van der Waals surface area (Å²) in [5.41, 5.74) is 1.18. The third kappa shape index (κ3) is 1.63. The lowest BCUT2D eigenvalue weighted by Crippen LogP contribution is -1.73. The third-order valence-electron chi connectivity index (χ3n) is 2.14. The average molecular weight is 219 g/mol. The van der Waals surface area contributed by atoms with Crippen LogP contribution < -0.4 is 0 Å². The molecule has 0 aliphatic rings. The zero-order chi connectivity index (χ0) is 10.1. The number of hydrogen-bond donors (Lipinski definition) is 1. The van der Waals surface area contributed by atoms with Gasteiger partial charge in [-0.25, -0.2) is 0 Å². The lowest BCUT2D eigenvalue weighted by Gasteiger charge is -1.97. The number of aryl methyl sites for hydroxylation is 1. The van der Waals surface area contributed by atoms with E-state index in [9.17, 15) is 0 Å². The van der Waals surface area contributed by atoms with E-state index in [-0.39, 0.29) is 0 Å². The van der Waals surface area contributed by atoms with Gasteiger partial charge in [-0.1, -0.05) is 0 Å². The van der Waals surface area contributed by atoms with Crippen LogP contribution in [0, 0.1) is 18.3 Å². The fraction of sp³-hybridized carbons (Fsp3) is 0.182. The fourth-order valence-corrected chi connectivity index (χ4v) is 2.71. The first-order chi connectivity index (χ1) is 6.70. The Bertz CT molecular complexity index is 481. The second-order valence-corrected chi connectivity index (χ2v) is 4.87. The molecule has 2 rings (SSSR count). The van der Waals surface area contributed by atoms with E-state index in [2.05, 4.69) is 36.9 Å². The molecule has 1 nitrogen and oxygen atoms in total. The highest BCUT2D eigenvalue weighted by Gasteiger charge is 2.03. The summed E-state index contributed by atoms with van der Waals surface area (Å²) in [5.74, 6) is 0. The van der Waals surface area contributed by atoms with Crippen molar-refractivity contribution in [1.82, 2.24) is 0 Å². The van der Waals surface area contributed by atoms with E-state index >= 15 is 0 Å². The molecular formula is C11H9NS2. The van der Waals surface area contributed by atoms with Crippen LogP contribution in [0.3, 0.4) is 0 Å². The van der Waals surface area contributed by atoms with Gasteiger partial charge in [0.05, 0.1) is 12.5 Å². The molecule has 70 valence electrons. The molecule has 14 heavy (non-hydrogen) atoms. The Morgan fingerprint density at radius 3 is 2.93 bits per heavy atom. The molecule has 0 N–H and O–H groups in total. The molecule has 0 radical (unpaired) electrons. The number of rotatable bonds is 1. The predicted molar refractivity (Wildman–Crippen MR) is 63.1 cm³/mol. The lowest BCUT2D eigenvalue weighted by molar-refractivity contribution is 1.32. The second kappa shape index (κ2) is 3.64. The van der Waals surface area contributed by atoms with Crippen LogP contribution in [0.1, 0.15) is 10.4 Å². The van der Waals surface area contributed by atoms with Crippen LogP contribution in [0.5, 0.6) is 0 Å². The average Bonchev–Trinajstić information content (AvgIpc) is 2.48. The van der Waals surface area contributed by atoms with Gasteiger partial charge in [-0.05, 0) is 36.1 Å². The molecule has 1 aromatic heterocycles. The minimum absolute atomic E-state index is 0.500. The van der Waals surface area contributed by atoms with Crippen LogP contribution in [0.25, 0.3) is 10.1 Å². The summed E-state index contributed by atoms with van der Waals surface area (Å²) >= 11 is 6.05. The van der Waals surface area contributed by atoms with E-state index in [4.69, 9.17) is 5.26 Å². The predicted octanol–water partition coefficient (Wildman–Crippen LogP) is 3.56. The number of hydrogen-bond acceptors (Lipinski definition) is 3. The van der Waals surface area contributed by atoms with Gasteiger partial charge in [-0.3, -0.25) is 0 Å². The fourth-order valence-electron chi connectivity index (χ4n) is 1.41. The van der Waals surface area contributed by atoms with E-state index in [1.165, 1.54) is 15.6 Å². The summed E-state index contributed by atoms with van der Waals surface area (Å²) < 4.78 is 1.21. The molecule has 0 amide bonds. The molecule has 0 aliphatic heterocycles. The molecule has 0 unspecified atom stereocenters. The minimum Gasteiger partial charge on any atom is -0.198 e. The normalized spacial score (nSPS) is 10.4. The van der Waals surface area contributed by atoms with Gasteiger partial charge in [0.25, 0.3) is 0 Å². The Balaban J connectivity index is 2.61. The Labute approximate surface area is 92.4 Å².